The lowest BCUT2D eigenvalue weighted by molar-refractivity contribution is -0.118. The van der Waals surface area contributed by atoms with Crippen molar-refractivity contribution in [3.05, 3.63) is 59.9 Å². The Morgan fingerprint density at radius 2 is 2.14 bits per heavy atom. The molecule has 2 rings (SSSR count). The molecule has 21 heavy (non-hydrogen) atoms. The van der Waals surface area contributed by atoms with Crippen LogP contribution in [-0.4, -0.2) is 11.9 Å². The van der Waals surface area contributed by atoms with Crippen LogP contribution in [0.5, 0.6) is 0 Å². The van der Waals surface area contributed by atoms with Gasteiger partial charge < -0.3 is 4.74 Å². The van der Waals surface area contributed by atoms with Crippen molar-refractivity contribution >= 4 is 5.78 Å². The molecule has 1 atom stereocenters. The van der Waals surface area contributed by atoms with Crippen molar-refractivity contribution in [2.45, 2.75) is 52.6 Å². The van der Waals surface area contributed by atoms with Gasteiger partial charge in [-0.1, -0.05) is 57.7 Å². The summed E-state index contributed by atoms with van der Waals surface area (Å²) in [5, 5.41) is 0. The average molecular weight is 286 g/mol. The first kappa shape index (κ1) is 17.2. The molecule has 0 radical (unpaired) electrons. The quantitative estimate of drug-likeness (QED) is 0.722. The molecule has 0 fully saturated rings. The summed E-state index contributed by atoms with van der Waals surface area (Å²) in [6.45, 7) is 9.79. The van der Waals surface area contributed by atoms with Gasteiger partial charge >= 0.3 is 0 Å². The van der Waals surface area contributed by atoms with Crippen LogP contribution >= 0.6 is 0 Å². The molecule has 0 spiro atoms. The number of allylic oxidation sites excluding steroid dienone is 6. The highest BCUT2D eigenvalue weighted by Crippen LogP contribution is 2.29. The number of carbonyl (C=O) groups is 1. The molecule has 1 unspecified atom stereocenters. The molecule has 0 saturated heterocycles. The van der Waals surface area contributed by atoms with Gasteiger partial charge in [0.15, 0.2) is 5.78 Å². The van der Waals surface area contributed by atoms with Gasteiger partial charge in [-0.05, 0) is 30.9 Å². The predicted octanol–water partition coefficient (Wildman–Crippen LogP) is 5.05. The molecule has 0 N–H and O–H groups in total. The number of carbonyl (C=O) groups excluding carboxylic acids is 1. The fraction of sp³-hybridized carbons (Fsp3) is 0.421. The summed E-state index contributed by atoms with van der Waals surface area (Å²) in [7, 11) is 0. The van der Waals surface area contributed by atoms with Gasteiger partial charge in [0.2, 0.25) is 0 Å². The van der Waals surface area contributed by atoms with E-state index >= 15 is 0 Å². The topological polar surface area (TPSA) is 26.3 Å². The zero-order chi connectivity index (χ0) is 15.7. The van der Waals surface area contributed by atoms with Gasteiger partial charge in [-0.3, -0.25) is 4.79 Å². The Hall–Kier alpha value is -1.83. The summed E-state index contributed by atoms with van der Waals surface area (Å²) >= 11 is 0. The van der Waals surface area contributed by atoms with Gasteiger partial charge in [0.1, 0.15) is 11.9 Å². The Balaban J connectivity index is 0.00000106. The summed E-state index contributed by atoms with van der Waals surface area (Å²) in [6.07, 6.45) is 15.1. The summed E-state index contributed by atoms with van der Waals surface area (Å²) in [4.78, 5) is 12.2. The molecule has 0 bridgehead atoms. The van der Waals surface area contributed by atoms with E-state index in [9.17, 15) is 4.79 Å². The molecular formula is C19H26O2. The number of Topliss-reactive ketones (excluding diaryl/α,β-unsaturated/α-hetero) is 1. The van der Waals surface area contributed by atoms with E-state index in [-0.39, 0.29) is 11.9 Å². The third-order valence-corrected chi connectivity index (χ3v) is 3.31. The molecule has 0 aromatic rings. The SMILES string of the molecule is C=CC1=C(/C=C\CC)C(=O)CC(C2=CCCC=C2)O1.CC. The normalized spacial score (nSPS) is 21.6. The lowest BCUT2D eigenvalue weighted by atomic mass is 9.93. The van der Waals surface area contributed by atoms with Crippen LogP contribution in [-0.2, 0) is 9.53 Å². The van der Waals surface area contributed by atoms with Crippen molar-refractivity contribution in [2.24, 2.45) is 0 Å². The van der Waals surface area contributed by atoms with E-state index in [1.165, 1.54) is 0 Å². The Morgan fingerprint density at radius 3 is 2.71 bits per heavy atom. The van der Waals surface area contributed by atoms with Crippen LogP contribution in [0, 0.1) is 0 Å². The largest absolute Gasteiger partial charge is 0.485 e. The third-order valence-electron chi connectivity index (χ3n) is 3.31. The molecule has 0 saturated carbocycles. The minimum absolute atomic E-state index is 0.135. The van der Waals surface area contributed by atoms with Gasteiger partial charge in [-0.25, -0.2) is 0 Å². The smallest absolute Gasteiger partial charge is 0.170 e. The van der Waals surface area contributed by atoms with E-state index < -0.39 is 0 Å². The van der Waals surface area contributed by atoms with Crippen LogP contribution in [0.25, 0.3) is 0 Å². The molecule has 1 aliphatic heterocycles. The van der Waals surface area contributed by atoms with Crippen molar-refractivity contribution in [2.75, 3.05) is 0 Å². The summed E-state index contributed by atoms with van der Waals surface area (Å²) in [5.41, 5.74) is 1.76. The highest BCUT2D eigenvalue weighted by atomic mass is 16.5. The lowest BCUT2D eigenvalue weighted by Gasteiger charge is -2.27. The van der Waals surface area contributed by atoms with Crippen molar-refractivity contribution in [1.82, 2.24) is 0 Å². The molecule has 0 aromatic carbocycles. The van der Waals surface area contributed by atoms with Crippen LogP contribution in [0.3, 0.4) is 0 Å². The molecule has 2 nitrogen and oxygen atoms in total. The fourth-order valence-electron chi connectivity index (χ4n) is 2.30. The van der Waals surface area contributed by atoms with Gasteiger partial charge in [-0.2, -0.15) is 0 Å². The maximum absolute atomic E-state index is 12.2. The highest BCUT2D eigenvalue weighted by Gasteiger charge is 2.28. The first-order valence-electron chi connectivity index (χ1n) is 7.86. The molecule has 0 aromatic heterocycles. The van der Waals surface area contributed by atoms with Gasteiger partial charge in [0.05, 0.1) is 12.0 Å². The first-order valence-corrected chi connectivity index (χ1v) is 7.86. The lowest BCUT2D eigenvalue weighted by Crippen LogP contribution is -2.26. The maximum atomic E-state index is 12.2. The second-order valence-electron chi connectivity index (χ2n) is 4.71. The summed E-state index contributed by atoms with van der Waals surface area (Å²) in [6, 6.07) is 0. The van der Waals surface area contributed by atoms with Crippen LogP contribution < -0.4 is 0 Å². The Morgan fingerprint density at radius 1 is 1.38 bits per heavy atom. The minimum Gasteiger partial charge on any atom is -0.485 e. The van der Waals surface area contributed by atoms with E-state index in [2.05, 4.69) is 24.8 Å². The Bertz CT molecular complexity index is 490. The van der Waals surface area contributed by atoms with Crippen LogP contribution in [0.2, 0.25) is 0 Å². The second kappa shape index (κ2) is 9.17. The standard InChI is InChI=1S/C17H20O2.C2H6/c1-3-5-11-14-15(18)12-17(19-16(14)4-2)13-9-7-6-8-10-13;1-2/h4-5,7,9-11,17H,2-3,6,8,12H2,1H3;1-2H3/b11-5-;. The molecule has 0 amide bonds. The second-order valence-corrected chi connectivity index (χ2v) is 4.71. The van der Waals surface area contributed by atoms with Crippen molar-refractivity contribution < 1.29 is 9.53 Å². The number of ether oxygens (including phenoxy) is 1. The van der Waals surface area contributed by atoms with Gasteiger partial charge in [0, 0.05) is 0 Å². The maximum Gasteiger partial charge on any atom is 0.170 e. The fourth-order valence-corrected chi connectivity index (χ4v) is 2.30. The number of rotatable bonds is 4. The predicted molar refractivity (Wildman–Crippen MR) is 89.0 cm³/mol. The number of hydrogen-bond donors (Lipinski definition) is 0. The molecular weight excluding hydrogens is 260 g/mol. The van der Waals surface area contributed by atoms with Gasteiger partial charge in [-0.15, -0.1) is 0 Å². The van der Waals surface area contributed by atoms with Crippen LogP contribution in [0.4, 0.5) is 0 Å². The van der Waals surface area contributed by atoms with Crippen LogP contribution in [0.15, 0.2) is 59.9 Å². The Labute approximate surface area is 128 Å². The van der Waals surface area contributed by atoms with Gasteiger partial charge in [0.25, 0.3) is 0 Å². The van der Waals surface area contributed by atoms with E-state index in [1.807, 2.05) is 32.9 Å². The van der Waals surface area contributed by atoms with Crippen molar-refractivity contribution in [3.63, 3.8) is 0 Å². The Kier molecular flexibility index (Phi) is 7.52. The van der Waals surface area contributed by atoms with Crippen molar-refractivity contribution in [1.29, 1.82) is 0 Å². The third kappa shape index (κ3) is 4.59. The highest BCUT2D eigenvalue weighted by molar-refractivity contribution is 6.00. The molecule has 2 heteroatoms. The monoisotopic (exact) mass is 286 g/mol. The summed E-state index contributed by atoms with van der Waals surface area (Å²) < 4.78 is 5.93. The molecule has 1 aliphatic carbocycles. The number of ketones is 1. The van der Waals surface area contributed by atoms with E-state index in [0.717, 1.165) is 24.8 Å². The summed E-state index contributed by atoms with van der Waals surface area (Å²) in [5.74, 6) is 0.738. The van der Waals surface area contributed by atoms with Crippen molar-refractivity contribution in [3.8, 4) is 0 Å². The van der Waals surface area contributed by atoms with E-state index in [1.54, 1.807) is 6.08 Å². The van der Waals surface area contributed by atoms with E-state index in [4.69, 9.17) is 4.74 Å². The molecule has 114 valence electrons. The zero-order valence-corrected chi connectivity index (χ0v) is 13.4. The van der Waals surface area contributed by atoms with Crippen LogP contribution in [0.1, 0.15) is 46.5 Å². The minimum atomic E-state index is -0.157. The zero-order valence-electron chi connectivity index (χ0n) is 13.4. The first-order chi connectivity index (χ1) is 10.3. The number of hydrogen-bond acceptors (Lipinski definition) is 2. The average Bonchev–Trinajstić information content (AvgIpc) is 2.55. The molecule has 1 heterocycles. The van der Waals surface area contributed by atoms with E-state index in [0.29, 0.717) is 17.8 Å². The molecule has 2 aliphatic rings.